The summed E-state index contributed by atoms with van der Waals surface area (Å²) in [5.74, 6) is 0.680. The highest BCUT2D eigenvalue weighted by Crippen LogP contribution is 2.31. The van der Waals surface area contributed by atoms with Crippen molar-refractivity contribution in [1.29, 1.82) is 0 Å². The molecule has 1 aliphatic rings. The van der Waals surface area contributed by atoms with Gasteiger partial charge in [0.15, 0.2) is 0 Å². The number of fused-ring (bicyclic) bond motifs is 1. The molecule has 2 aromatic heterocycles. The van der Waals surface area contributed by atoms with E-state index in [0.29, 0.717) is 19.1 Å². The highest BCUT2D eigenvalue weighted by atomic mass is 16.5. The number of nitrogens with zero attached hydrogens (tertiary/aromatic N) is 4. The smallest absolute Gasteiger partial charge is 0.217 e. The molecule has 0 saturated heterocycles. The lowest BCUT2D eigenvalue weighted by Crippen LogP contribution is -2.38. The van der Waals surface area contributed by atoms with E-state index in [0.717, 1.165) is 25.1 Å². The SMILES string of the molecule is C=CCOC[C@H]1c2c(ncn2C)CCN1Cc1cccnc1OC. The van der Waals surface area contributed by atoms with Crippen molar-refractivity contribution < 1.29 is 9.47 Å². The van der Waals surface area contributed by atoms with Gasteiger partial charge in [-0.1, -0.05) is 12.1 Å². The Balaban J connectivity index is 1.85. The second-order valence-corrected chi connectivity index (χ2v) is 5.92. The lowest BCUT2D eigenvalue weighted by atomic mass is 10.0. The molecule has 0 spiro atoms. The average molecular weight is 328 g/mol. The fraction of sp³-hybridized carbons (Fsp3) is 0.444. The van der Waals surface area contributed by atoms with Gasteiger partial charge in [-0.2, -0.15) is 0 Å². The number of hydrogen-bond acceptors (Lipinski definition) is 5. The first-order chi connectivity index (χ1) is 11.7. The molecule has 0 N–H and O–H groups in total. The molecule has 0 radical (unpaired) electrons. The molecule has 0 aliphatic carbocycles. The van der Waals surface area contributed by atoms with Gasteiger partial charge in [0.25, 0.3) is 0 Å². The van der Waals surface area contributed by atoms with Gasteiger partial charge in [-0.3, -0.25) is 4.90 Å². The Morgan fingerprint density at radius 3 is 3.08 bits per heavy atom. The van der Waals surface area contributed by atoms with Crippen LogP contribution in [0.2, 0.25) is 0 Å². The summed E-state index contributed by atoms with van der Waals surface area (Å²) in [6.45, 7) is 6.59. The summed E-state index contributed by atoms with van der Waals surface area (Å²) in [5.41, 5.74) is 3.48. The number of methoxy groups -OCH3 is 1. The van der Waals surface area contributed by atoms with E-state index in [1.54, 1.807) is 19.4 Å². The number of ether oxygens (including phenoxy) is 2. The van der Waals surface area contributed by atoms with Gasteiger partial charge in [-0.15, -0.1) is 6.58 Å². The molecule has 1 aliphatic heterocycles. The third-order valence-corrected chi connectivity index (χ3v) is 4.38. The summed E-state index contributed by atoms with van der Waals surface area (Å²) >= 11 is 0. The molecule has 6 nitrogen and oxygen atoms in total. The third-order valence-electron chi connectivity index (χ3n) is 4.38. The summed E-state index contributed by atoms with van der Waals surface area (Å²) in [6.07, 6.45) is 6.36. The van der Waals surface area contributed by atoms with Gasteiger partial charge in [0.1, 0.15) is 0 Å². The topological polar surface area (TPSA) is 52.4 Å². The van der Waals surface area contributed by atoms with E-state index in [2.05, 4.69) is 32.1 Å². The summed E-state index contributed by atoms with van der Waals surface area (Å²) < 4.78 is 13.3. The summed E-state index contributed by atoms with van der Waals surface area (Å²) in [4.78, 5) is 11.2. The Labute approximate surface area is 142 Å². The fourth-order valence-electron chi connectivity index (χ4n) is 3.27. The molecule has 128 valence electrons. The first-order valence-electron chi connectivity index (χ1n) is 8.15. The zero-order chi connectivity index (χ0) is 16.9. The van der Waals surface area contributed by atoms with Crippen LogP contribution in [0.25, 0.3) is 0 Å². The minimum absolute atomic E-state index is 0.158. The van der Waals surface area contributed by atoms with E-state index in [-0.39, 0.29) is 6.04 Å². The van der Waals surface area contributed by atoms with Crippen LogP contribution in [-0.2, 0) is 24.8 Å². The molecule has 0 amide bonds. The second kappa shape index (κ2) is 7.59. The Kier molecular flexibility index (Phi) is 5.27. The molecule has 2 aromatic rings. The Hall–Kier alpha value is -2.18. The van der Waals surface area contributed by atoms with Gasteiger partial charge in [0.2, 0.25) is 5.88 Å². The highest BCUT2D eigenvalue weighted by molar-refractivity contribution is 5.27. The fourth-order valence-corrected chi connectivity index (χ4v) is 3.27. The predicted octanol–water partition coefficient (Wildman–Crippen LogP) is 2.13. The first kappa shape index (κ1) is 16.7. The van der Waals surface area contributed by atoms with E-state index in [4.69, 9.17) is 9.47 Å². The van der Waals surface area contributed by atoms with E-state index in [1.165, 1.54) is 11.4 Å². The van der Waals surface area contributed by atoms with Gasteiger partial charge in [0.05, 0.1) is 44.1 Å². The Morgan fingerprint density at radius 1 is 1.42 bits per heavy atom. The van der Waals surface area contributed by atoms with Crippen molar-refractivity contribution in [3.63, 3.8) is 0 Å². The normalized spacial score (nSPS) is 17.5. The molecule has 3 rings (SSSR count). The predicted molar refractivity (Wildman–Crippen MR) is 91.9 cm³/mol. The first-order valence-corrected chi connectivity index (χ1v) is 8.15. The molecule has 0 unspecified atom stereocenters. The standard InChI is InChI=1S/C18H24N4O2/c1-4-10-24-12-16-17-15(20-13-21(17)2)7-9-22(16)11-14-6-5-8-19-18(14)23-3/h4-6,8,13,16H,1,7,9-12H2,2-3H3/t16-/m0/s1. The van der Waals surface area contributed by atoms with Crippen LogP contribution in [0.4, 0.5) is 0 Å². The van der Waals surface area contributed by atoms with E-state index >= 15 is 0 Å². The van der Waals surface area contributed by atoms with Crippen LogP contribution in [0.5, 0.6) is 5.88 Å². The lowest BCUT2D eigenvalue weighted by Gasteiger charge is -2.36. The molecular formula is C18H24N4O2. The molecule has 0 aromatic carbocycles. The Morgan fingerprint density at radius 2 is 2.29 bits per heavy atom. The van der Waals surface area contributed by atoms with Crippen LogP contribution >= 0.6 is 0 Å². The van der Waals surface area contributed by atoms with Crippen LogP contribution in [0.15, 0.2) is 37.3 Å². The lowest BCUT2D eigenvalue weighted by molar-refractivity contribution is 0.0581. The number of imidazole rings is 1. The molecule has 24 heavy (non-hydrogen) atoms. The summed E-state index contributed by atoms with van der Waals surface area (Å²) in [6, 6.07) is 4.17. The Bertz CT molecular complexity index is 698. The number of hydrogen-bond donors (Lipinski definition) is 0. The van der Waals surface area contributed by atoms with Crippen molar-refractivity contribution in [2.75, 3.05) is 26.9 Å². The van der Waals surface area contributed by atoms with Crippen molar-refractivity contribution in [2.45, 2.75) is 19.0 Å². The summed E-state index contributed by atoms with van der Waals surface area (Å²) in [5, 5.41) is 0. The maximum absolute atomic E-state index is 5.78. The molecular weight excluding hydrogens is 304 g/mol. The highest BCUT2D eigenvalue weighted by Gasteiger charge is 2.31. The van der Waals surface area contributed by atoms with Crippen molar-refractivity contribution in [3.05, 3.63) is 54.3 Å². The molecule has 1 atom stereocenters. The molecule has 0 bridgehead atoms. The second-order valence-electron chi connectivity index (χ2n) is 5.92. The van der Waals surface area contributed by atoms with E-state index in [1.807, 2.05) is 19.4 Å². The maximum atomic E-state index is 5.78. The van der Waals surface area contributed by atoms with Crippen molar-refractivity contribution >= 4 is 0 Å². The van der Waals surface area contributed by atoms with Crippen LogP contribution in [0.3, 0.4) is 0 Å². The number of aromatic nitrogens is 3. The van der Waals surface area contributed by atoms with E-state index < -0.39 is 0 Å². The van der Waals surface area contributed by atoms with Crippen LogP contribution in [0, 0.1) is 0 Å². The quantitative estimate of drug-likeness (QED) is 0.576. The van der Waals surface area contributed by atoms with Crippen LogP contribution in [-0.4, -0.2) is 46.3 Å². The van der Waals surface area contributed by atoms with Gasteiger partial charge in [0, 0.05) is 38.3 Å². The number of rotatable bonds is 7. The zero-order valence-electron chi connectivity index (χ0n) is 14.3. The largest absolute Gasteiger partial charge is 0.481 e. The van der Waals surface area contributed by atoms with Gasteiger partial charge >= 0.3 is 0 Å². The molecule has 3 heterocycles. The number of aryl methyl sites for hydroxylation is 1. The van der Waals surface area contributed by atoms with Crippen molar-refractivity contribution in [2.24, 2.45) is 7.05 Å². The average Bonchev–Trinajstić information content (AvgIpc) is 2.98. The van der Waals surface area contributed by atoms with E-state index in [9.17, 15) is 0 Å². The minimum Gasteiger partial charge on any atom is -0.481 e. The number of pyridine rings is 1. The zero-order valence-corrected chi connectivity index (χ0v) is 14.3. The van der Waals surface area contributed by atoms with Crippen LogP contribution in [0.1, 0.15) is 23.0 Å². The van der Waals surface area contributed by atoms with Gasteiger partial charge < -0.3 is 14.0 Å². The van der Waals surface area contributed by atoms with Gasteiger partial charge in [-0.05, 0) is 6.07 Å². The summed E-state index contributed by atoms with van der Waals surface area (Å²) in [7, 11) is 3.70. The molecule has 0 fully saturated rings. The third kappa shape index (κ3) is 3.34. The molecule has 0 saturated carbocycles. The van der Waals surface area contributed by atoms with Crippen LogP contribution < -0.4 is 4.74 Å². The minimum atomic E-state index is 0.158. The molecule has 6 heteroatoms. The van der Waals surface area contributed by atoms with Crippen molar-refractivity contribution in [1.82, 2.24) is 19.4 Å². The van der Waals surface area contributed by atoms with Crippen molar-refractivity contribution in [3.8, 4) is 5.88 Å². The monoisotopic (exact) mass is 328 g/mol. The maximum Gasteiger partial charge on any atom is 0.217 e. The van der Waals surface area contributed by atoms with Gasteiger partial charge in [-0.25, -0.2) is 9.97 Å².